The second-order valence-electron chi connectivity index (χ2n) is 3.84. The second-order valence-corrected chi connectivity index (χ2v) is 6.92. The lowest BCUT2D eigenvalue weighted by atomic mass is 10.4. The molecule has 0 amide bonds. The van der Waals surface area contributed by atoms with Crippen LogP contribution in [0.3, 0.4) is 0 Å². The lowest BCUT2D eigenvalue weighted by Crippen LogP contribution is -2.42. The van der Waals surface area contributed by atoms with Crippen molar-refractivity contribution in [3.63, 3.8) is 0 Å². The summed E-state index contributed by atoms with van der Waals surface area (Å²) in [6.45, 7) is 3.58. The van der Waals surface area contributed by atoms with Crippen LogP contribution in [0, 0.1) is 0 Å². The number of carbonyl (C=O) groups excluding carboxylic acids is 1. The quantitative estimate of drug-likeness (QED) is 0.553. The summed E-state index contributed by atoms with van der Waals surface area (Å²) >= 11 is 3.95. The van der Waals surface area contributed by atoms with E-state index < -0.39 is 15.1 Å². The first-order valence-electron chi connectivity index (χ1n) is 5.18. The lowest BCUT2D eigenvalue weighted by Gasteiger charge is -2.26. The van der Waals surface area contributed by atoms with Crippen LogP contribution < -0.4 is 0 Å². The van der Waals surface area contributed by atoms with Gasteiger partial charge in [-0.2, -0.15) is 12.6 Å². The molecule has 0 bridgehead atoms. The molecule has 1 aliphatic rings. The fraction of sp³-hybridized carbons (Fsp3) is 0.889. The molecule has 0 saturated carbocycles. The molecule has 0 aromatic heterocycles. The number of ether oxygens (including phenoxy) is 1. The third-order valence-electron chi connectivity index (χ3n) is 2.43. The van der Waals surface area contributed by atoms with Gasteiger partial charge in [0.25, 0.3) is 0 Å². The zero-order valence-corrected chi connectivity index (χ0v) is 11.0. The summed E-state index contributed by atoms with van der Waals surface area (Å²) in [6.07, 6.45) is 0. The lowest BCUT2D eigenvalue weighted by molar-refractivity contribution is -0.143. The fourth-order valence-electron chi connectivity index (χ4n) is 1.37. The molecule has 5 nitrogen and oxygen atoms in total. The SMILES string of the molecule is CC(S)C(=O)OCCN1CCS(=O)(=O)CC1. The highest BCUT2D eigenvalue weighted by Gasteiger charge is 2.21. The van der Waals surface area contributed by atoms with Gasteiger partial charge in [0.1, 0.15) is 6.61 Å². The van der Waals surface area contributed by atoms with Crippen molar-refractivity contribution in [1.29, 1.82) is 0 Å². The van der Waals surface area contributed by atoms with Crippen molar-refractivity contribution < 1.29 is 17.9 Å². The van der Waals surface area contributed by atoms with Gasteiger partial charge in [0.2, 0.25) is 0 Å². The van der Waals surface area contributed by atoms with E-state index >= 15 is 0 Å². The smallest absolute Gasteiger partial charge is 0.318 e. The molecular weight excluding hydrogens is 250 g/mol. The van der Waals surface area contributed by atoms with Crippen molar-refractivity contribution in [2.45, 2.75) is 12.2 Å². The minimum Gasteiger partial charge on any atom is -0.464 e. The maximum atomic E-state index is 11.1. The monoisotopic (exact) mass is 267 g/mol. The molecule has 16 heavy (non-hydrogen) atoms. The van der Waals surface area contributed by atoms with Crippen LogP contribution >= 0.6 is 12.6 Å². The van der Waals surface area contributed by atoms with Gasteiger partial charge < -0.3 is 4.74 Å². The first kappa shape index (κ1) is 13.8. The minimum absolute atomic E-state index is 0.198. The molecule has 0 spiro atoms. The average molecular weight is 267 g/mol. The number of rotatable bonds is 4. The first-order valence-corrected chi connectivity index (χ1v) is 7.52. The Bertz CT molecular complexity index is 325. The molecule has 1 heterocycles. The van der Waals surface area contributed by atoms with E-state index in [1.54, 1.807) is 6.92 Å². The Balaban J connectivity index is 2.18. The molecule has 1 atom stereocenters. The van der Waals surface area contributed by atoms with E-state index in [0.29, 0.717) is 26.2 Å². The molecule has 0 radical (unpaired) electrons. The van der Waals surface area contributed by atoms with Crippen LogP contribution in [0.4, 0.5) is 0 Å². The average Bonchev–Trinajstić information content (AvgIpc) is 2.20. The molecular formula is C9H17NO4S2. The number of carbonyl (C=O) groups is 1. The van der Waals surface area contributed by atoms with Crippen LogP contribution in [0.25, 0.3) is 0 Å². The van der Waals surface area contributed by atoms with Gasteiger partial charge in [-0.1, -0.05) is 0 Å². The topological polar surface area (TPSA) is 63.7 Å². The highest BCUT2D eigenvalue weighted by Crippen LogP contribution is 2.03. The maximum Gasteiger partial charge on any atom is 0.318 e. The molecule has 1 rings (SSSR count). The summed E-state index contributed by atoms with van der Waals surface area (Å²) in [5.41, 5.74) is 0. The second kappa shape index (κ2) is 5.88. The van der Waals surface area contributed by atoms with Crippen LogP contribution in [0.15, 0.2) is 0 Å². The Morgan fingerprint density at radius 3 is 2.50 bits per heavy atom. The number of hydrogen-bond acceptors (Lipinski definition) is 6. The third kappa shape index (κ3) is 4.71. The number of nitrogens with zero attached hydrogens (tertiary/aromatic N) is 1. The molecule has 7 heteroatoms. The van der Waals surface area contributed by atoms with E-state index in [1.807, 2.05) is 4.90 Å². The standard InChI is InChI=1S/C9H17NO4S2/c1-8(15)9(11)14-5-2-10-3-6-16(12,13)7-4-10/h8,15H,2-7H2,1H3. The van der Waals surface area contributed by atoms with E-state index in [9.17, 15) is 13.2 Å². The van der Waals surface area contributed by atoms with Gasteiger partial charge in [0, 0.05) is 19.6 Å². The van der Waals surface area contributed by atoms with Gasteiger partial charge in [-0.15, -0.1) is 0 Å². The molecule has 0 N–H and O–H groups in total. The number of hydrogen-bond donors (Lipinski definition) is 1. The summed E-state index contributed by atoms with van der Waals surface area (Å²) in [4.78, 5) is 13.1. The minimum atomic E-state index is -2.83. The van der Waals surface area contributed by atoms with Crippen LogP contribution in [0.1, 0.15) is 6.92 Å². The van der Waals surface area contributed by atoms with Gasteiger partial charge in [0.15, 0.2) is 9.84 Å². The summed E-state index contributed by atoms with van der Waals surface area (Å²) < 4.78 is 27.2. The van der Waals surface area contributed by atoms with Crippen LogP contribution in [-0.4, -0.2) is 62.3 Å². The van der Waals surface area contributed by atoms with Crippen LogP contribution in [-0.2, 0) is 19.4 Å². The Morgan fingerprint density at radius 1 is 1.44 bits per heavy atom. The van der Waals surface area contributed by atoms with Crippen molar-refractivity contribution >= 4 is 28.4 Å². The first-order chi connectivity index (χ1) is 7.41. The normalized spacial score (nSPS) is 22.6. The molecule has 1 aliphatic heterocycles. The largest absolute Gasteiger partial charge is 0.464 e. The fourth-order valence-corrected chi connectivity index (χ4v) is 2.72. The molecule has 94 valence electrons. The predicted octanol–water partition coefficient (Wildman–Crippen LogP) is -0.422. The Kier molecular flexibility index (Phi) is 5.07. The van der Waals surface area contributed by atoms with Gasteiger partial charge in [-0.05, 0) is 6.92 Å². The summed E-state index contributed by atoms with van der Waals surface area (Å²) in [7, 11) is -2.83. The van der Waals surface area contributed by atoms with Crippen molar-refractivity contribution in [2.75, 3.05) is 37.7 Å². The van der Waals surface area contributed by atoms with Crippen LogP contribution in [0.5, 0.6) is 0 Å². The molecule has 1 unspecified atom stereocenters. The molecule has 1 saturated heterocycles. The summed E-state index contributed by atoms with van der Waals surface area (Å²) in [6, 6.07) is 0. The summed E-state index contributed by atoms with van der Waals surface area (Å²) in [5, 5.41) is -0.415. The van der Waals surface area contributed by atoms with Gasteiger partial charge in [-0.3, -0.25) is 9.69 Å². The van der Waals surface area contributed by atoms with E-state index in [2.05, 4.69) is 12.6 Å². The molecule has 1 fully saturated rings. The van der Waals surface area contributed by atoms with Gasteiger partial charge in [-0.25, -0.2) is 8.42 Å². The highest BCUT2D eigenvalue weighted by atomic mass is 32.2. The van der Waals surface area contributed by atoms with Gasteiger partial charge in [0.05, 0.1) is 16.8 Å². The van der Waals surface area contributed by atoms with E-state index in [-0.39, 0.29) is 17.5 Å². The third-order valence-corrected chi connectivity index (χ3v) is 4.25. The van der Waals surface area contributed by atoms with Crippen molar-refractivity contribution in [3.8, 4) is 0 Å². The van der Waals surface area contributed by atoms with Crippen molar-refractivity contribution in [1.82, 2.24) is 4.90 Å². The van der Waals surface area contributed by atoms with Gasteiger partial charge >= 0.3 is 5.97 Å². The number of sulfone groups is 1. The summed E-state index contributed by atoms with van der Waals surface area (Å²) in [5.74, 6) is 0.0568. The van der Waals surface area contributed by atoms with Crippen LogP contribution in [0.2, 0.25) is 0 Å². The van der Waals surface area contributed by atoms with E-state index in [0.717, 1.165) is 0 Å². The van der Waals surface area contributed by atoms with Crippen molar-refractivity contribution in [2.24, 2.45) is 0 Å². The zero-order valence-electron chi connectivity index (χ0n) is 9.26. The Hall–Kier alpha value is -0.270. The number of thiol groups is 1. The molecule has 0 aromatic rings. The molecule has 0 aliphatic carbocycles. The Morgan fingerprint density at radius 2 is 2.00 bits per heavy atom. The van der Waals surface area contributed by atoms with E-state index in [1.165, 1.54) is 0 Å². The number of esters is 1. The Labute approximate surface area is 101 Å². The maximum absolute atomic E-state index is 11.1. The van der Waals surface area contributed by atoms with E-state index in [4.69, 9.17) is 4.74 Å². The molecule has 0 aromatic carbocycles. The zero-order chi connectivity index (χ0) is 12.2. The highest BCUT2D eigenvalue weighted by molar-refractivity contribution is 7.91. The van der Waals surface area contributed by atoms with Crippen molar-refractivity contribution in [3.05, 3.63) is 0 Å². The predicted molar refractivity (Wildman–Crippen MR) is 64.5 cm³/mol.